The molecule has 1 unspecified atom stereocenters. The summed E-state index contributed by atoms with van der Waals surface area (Å²) in [6.07, 6.45) is 6.22. The Morgan fingerprint density at radius 2 is 1.88 bits per heavy atom. The van der Waals surface area contributed by atoms with Crippen LogP contribution in [0.25, 0.3) is 0 Å². The van der Waals surface area contributed by atoms with Gasteiger partial charge in [-0.2, -0.15) is 5.10 Å². The second-order valence-corrected chi connectivity index (χ2v) is 6.79. The van der Waals surface area contributed by atoms with Crippen LogP contribution in [0.4, 0.5) is 5.82 Å². The molecule has 2 aromatic rings. The van der Waals surface area contributed by atoms with Crippen LogP contribution in [0.3, 0.4) is 0 Å². The topological polar surface area (TPSA) is 72.9 Å². The van der Waals surface area contributed by atoms with Crippen molar-refractivity contribution in [3.63, 3.8) is 0 Å². The van der Waals surface area contributed by atoms with Crippen LogP contribution in [0.2, 0.25) is 0 Å². The Kier molecular flexibility index (Phi) is 6.62. The number of amides is 1. The van der Waals surface area contributed by atoms with Gasteiger partial charge in [0.1, 0.15) is 11.9 Å². The third-order valence-corrected chi connectivity index (χ3v) is 4.89. The van der Waals surface area contributed by atoms with Gasteiger partial charge < -0.3 is 11.1 Å². The molecule has 3 N–H and O–H groups in total. The predicted molar refractivity (Wildman–Crippen MR) is 103 cm³/mol. The Morgan fingerprint density at radius 3 is 2.52 bits per heavy atom. The fourth-order valence-corrected chi connectivity index (χ4v) is 3.33. The minimum absolute atomic E-state index is 0. The molecule has 1 atom stereocenters. The van der Waals surface area contributed by atoms with Gasteiger partial charge in [0.15, 0.2) is 0 Å². The van der Waals surface area contributed by atoms with Crippen molar-refractivity contribution in [2.24, 2.45) is 12.8 Å². The first-order chi connectivity index (χ1) is 11.5. The van der Waals surface area contributed by atoms with Gasteiger partial charge in [-0.25, -0.2) is 0 Å². The number of anilines is 1. The van der Waals surface area contributed by atoms with Crippen LogP contribution in [-0.4, -0.2) is 15.7 Å². The monoisotopic (exact) mass is 362 g/mol. The minimum atomic E-state index is -0.682. The van der Waals surface area contributed by atoms with E-state index in [1.165, 1.54) is 32.1 Å². The Balaban J connectivity index is 0.00000225. The van der Waals surface area contributed by atoms with Crippen LogP contribution >= 0.6 is 12.4 Å². The Bertz CT molecular complexity index is 705. The lowest BCUT2D eigenvalue weighted by molar-refractivity contribution is -0.117. The lowest BCUT2D eigenvalue weighted by atomic mass is 9.87. The van der Waals surface area contributed by atoms with Crippen molar-refractivity contribution in [1.82, 2.24) is 9.78 Å². The molecule has 136 valence electrons. The lowest BCUT2D eigenvalue weighted by Gasteiger charge is -2.19. The fourth-order valence-electron chi connectivity index (χ4n) is 3.33. The standard InChI is InChI=1S/C19H26N4O.ClH/c1-13-8-10-15(11-9-13)18(20)19(24)21-17-12-16(22-23(17)2)14-6-4-3-5-7-14;/h8-12,14,18H,3-7,20H2,1-2H3,(H,21,24);1H. The maximum Gasteiger partial charge on any atom is 0.247 e. The zero-order chi connectivity index (χ0) is 17.1. The molecular formula is C19H27ClN4O. The number of aryl methyl sites for hydroxylation is 2. The summed E-state index contributed by atoms with van der Waals surface area (Å²) < 4.78 is 1.74. The van der Waals surface area contributed by atoms with E-state index in [0.29, 0.717) is 11.7 Å². The zero-order valence-corrected chi connectivity index (χ0v) is 15.7. The van der Waals surface area contributed by atoms with E-state index in [1.54, 1.807) is 4.68 Å². The van der Waals surface area contributed by atoms with Crippen LogP contribution in [0, 0.1) is 6.92 Å². The van der Waals surface area contributed by atoms with Crippen molar-refractivity contribution < 1.29 is 4.79 Å². The average Bonchev–Trinajstić information content (AvgIpc) is 2.96. The number of nitrogens with two attached hydrogens (primary N) is 1. The molecule has 0 bridgehead atoms. The number of hydrogen-bond donors (Lipinski definition) is 2. The van der Waals surface area contributed by atoms with Crippen LogP contribution in [0.1, 0.15) is 60.9 Å². The Morgan fingerprint density at radius 1 is 1.24 bits per heavy atom. The summed E-state index contributed by atoms with van der Waals surface area (Å²) in [4.78, 5) is 12.5. The highest BCUT2D eigenvalue weighted by Crippen LogP contribution is 2.32. The molecule has 5 nitrogen and oxygen atoms in total. The number of benzene rings is 1. The van der Waals surface area contributed by atoms with Gasteiger partial charge in [-0.15, -0.1) is 12.4 Å². The van der Waals surface area contributed by atoms with Crippen molar-refractivity contribution in [1.29, 1.82) is 0 Å². The summed E-state index contributed by atoms with van der Waals surface area (Å²) in [6.45, 7) is 2.01. The Labute approximate surface area is 155 Å². The molecule has 25 heavy (non-hydrogen) atoms. The van der Waals surface area contributed by atoms with Gasteiger partial charge in [0.05, 0.1) is 5.69 Å². The zero-order valence-electron chi connectivity index (χ0n) is 14.9. The van der Waals surface area contributed by atoms with E-state index in [-0.39, 0.29) is 18.3 Å². The van der Waals surface area contributed by atoms with Crippen LogP contribution in [-0.2, 0) is 11.8 Å². The van der Waals surface area contributed by atoms with Crippen molar-refractivity contribution >= 4 is 24.1 Å². The van der Waals surface area contributed by atoms with Crippen molar-refractivity contribution in [2.45, 2.75) is 51.0 Å². The maximum atomic E-state index is 12.5. The average molecular weight is 363 g/mol. The molecular weight excluding hydrogens is 336 g/mol. The van der Waals surface area contributed by atoms with E-state index in [9.17, 15) is 4.79 Å². The highest BCUT2D eigenvalue weighted by Gasteiger charge is 2.21. The summed E-state index contributed by atoms with van der Waals surface area (Å²) in [5, 5.41) is 7.51. The van der Waals surface area contributed by atoms with Crippen LogP contribution < -0.4 is 11.1 Å². The molecule has 1 heterocycles. The highest BCUT2D eigenvalue weighted by molar-refractivity contribution is 5.94. The van der Waals surface area contributed by atoms with E-state index in [2.05, 4.69) is 10.4 Å². The number of nitrogens with zero attached hydrogens (tertiary/aromatic N) is 2. The number of carbonyl (C=O) groups is 1. The molecule has 1 aliphatic carbocycles. The molecule has 1 fully saturated rings. The van der Waals surface area contributed by atoms with E-state index >= 15 is 0 Å². The molecule has 1 aromatic heterocycles. The van der Waals surface area contributed by atoms with E-state index in [0.717, 1.165) is 16.8 Å². The van der Waals surface area contributed by atoms with Gasteiger partial charge in [-0.3, -0.25) is 9.48 Å². The van der Waals surface area contributed by atoms with Crippen molar-refractivity contribution in [3.8, 4) is 0 Å². The molecule has 1 amide bonds. The molecule has 0 radical (unpaired) electrons. The summed E-state index contributed by atoms with van der Waals surface area (Å²) >= 11 is 0. The van der Waals surface area contributed by atoms with Crippen molar-refractivity contribution in [3.05, 3.63) is 47.2 Å². The SMILES string of the molecule is Cc1ccc(C(N)C(=O)Nc2cc(C3CCCCC3)nn2C)cc1.Cl. The van der Waals surface area contributed by atoms with Crippen LogP contribution in [0.15, 0.2) is 30.3 Å². The molecule has 1 aromatic carbocycles. The maximum absolute atomic E-state index is 12.5. The lowest BCUT2D eigenvalue weighted by Crippen LogP contribution is -2.28. The van der Waals surface area contributed by atoms with Gasteiger partial charge in [-0.05, 0) is 25.3 Å². The van der Waals surface area contributed by atoms with Crippen LogP contribution in [0.5, 0.6) is 0 Å². The quantitative estimate of drug-likeness (QED) is 0.867. The summed E-state index contributed by atoms with van der Waals surface area (Å²) in [5.41, 5.74) is 9.14. The first-order valence-electron chi connectivity index (χ1n) is 8.71. The number of aromatic nitrogens is 2. The number of carbonyl (C=O) groups excluding carboxylic acids is 1. The highest BCUT2D eigenvalue weighted by atomic mass is 35.5. The summed E-state index contributed by atoms with van der Waals surface area (Å²) in [7, 11) is 1.86. The first kappa shape index (κ1) is 19.5. The minimum Gasteiger partial charge on any atom is -0.316 e. The largest absolute Gasteiger partial charge is 0.316 e. The van der Waals surface area contributed by atoms with Crippen molar-refractivity contribution in [2.75, 3.05) is 5.32 Å². The number of halogens is 1. The molecule has 6 heteroatoms. The fraction of sp³-hybridized carbons (Fsp3) is 0.474. The number of hydrogen-bond acceptors (Lipinski definition) is 3. The molecule has 0 aliphatic heterocycles. The second-order valence-electron chi connectivity index (χ2n) is 6.79. The predicted octanol–water partition coefficient (Wildman–Crippen LogP) is 3.84. The third-order valence-electron chi connectivity index (χ3n) is 4.89. The molecule has 3 rings (SSSR count). The van der Waals surface area contributed by atoms with E-state index in [4.69, 9.17) is 5.73 Å². The molecule has 0 saturated heterocycles. The third kappa shape index (κ3) is 4.61. The summed E-state index contributed by atoms with van der Waals surface area (Å²) in [6, 6.07) is 9.04. The number of nitrogens with one attached hydrogen (secondary N) is 1. The van der Waals surface area contributed by atoms with Gasteiger partial charge in [0, 0.05) is 19.0 Å². The molecule has 0 spiro atoms. The van der Waals surface area contributed by atoms with Gasteiger partial charge in [-0.1, -0.05) is 49.1 Å². The first-order valence-corrected chi connectivity index (χ1v) is 8.71. The summed E-state index contributed by atoms with van der Waals surface area (Å²) in [5.74, 6) is 1.02. The number of rotatable bonds is 4. The molecule has 1 saturated carbocycles. The van der Waals surface area contributed by atoms with Gasteiger partial charge >= 0.3 is 0 Å². The van der Waals surface area contributed by atoms with Gasteiger partial charge in [0.25, 0.3) is 0 Å². The van der Waals surface area contributed by atoms with E-state index in [1.807, 2.05) is 44.3 Å². The Hall–Kier alpha value is -1.85. The smallest absolute Gasteiger partial charge is 0.247 e. The van der Waals surface area contributed by atoms with Gasteiger partial charge in [0.2, 0.25) is 5.91 Å². The normalized spacial score (nSPS) is 16.1. The second kappa shape index (κ2) is 8.50. The van der Waals surface area contributed by atoms with E-state index < -0.39 is 6.04 Å². The molecule has 1 aliphatic rings.